The second-order valence-electron chi connectivity index (χ2n) is 5.55. The summed E-state index contributed by atoms with van der Waals surface area (Å²) in [6.07, 6.45) is 7.31. The van der Waals surface area contributed by atoms with E-state index in [1.54, 1.807) is 11.5 Å². The fraction of sp³-hybridized carbons (Fsp3) is 0.211. The molecule has 0 unspecified atom stereocenters. The van der Waals surface area contributed by atoms with E-state index in [0.29, 0.717) is 0 Å². The number of nitrogens with zero attached hydrogens (tertiary/aromatic N) is 2. The number of benzene rings is 1. The zero-order chi connectivity index (χ0) is 15.5. The molecule has 1 heterocycles. The van der Waals surface area contributed by atoms with Gasteiger partial charge in [0.05, 0.1) is 4.88 Å². The maximum atomic E-state index is 4.29. The van der Waals surface area contributed by atoms with Crippen molar-refractivity contribution in [3.63, 3.8) is 0 Å². The smallest absolute Gasteiger partial charge is 0.0572 e. The minimum atomic E-state index is 0. The molecule has 1 aromatic carbocycles. The van der Waals surface area contributed by atoms with Crippen molar-refractivity contribution in [2.45, 2.75) is 13.3 Å². The highest BCUT2D eigenvalue weighted by Crippen LogP contribution is 2.35. The quantitative estimate of drug-likeness (QED) is 0.491. The second kappa shape index (κ2) is 7.93. The molecular formula is C19H21IN2S. The van der Waals surface area contributed by atoms with E-state index in [1.165, 1.54) is 32.8 Å². The van der Waals surface area contributed by atoms with Gasteiger partial charge in [-0.3, -0.25) is 0 Å². The van der Waals surface area contributed by atoms with Crippen LogP contribution in [-0.4, -0.2) is 18.5 Å². The predicted octanol–water partition coefficient (Wildman–Crippen LogP) is 5.66. The fourth-order valence-electron chi connectivity index (χ4n) is 2.63. The molecule has 120 valence electrons. The van der Waals surface area contributed by atoms with Crippen LogP contribution in [0.5, 0.6) is 0 Å². The Hall–Kier alpha value is -1.40. The van der Waals surface area contributed by atoms with Crippen molar-refractivity contribution in [3.8, 4) is 10.4 Å². The lowest BCUT2D eigenvalue weighted by atomic mass is 10.1. The Bertz CT molecular complexity index is 760. The molecule has 0 fully saturated rings. The lowest BCUT2D eigenvalue weighted by Gasteiger charge is -2.11. The lowest BCUT2D eigenvalue weighted by molar-refractivity contribution is 1.13. The predicted molar refractivity (Wildman–Crippen MR) is 113 cm³/mol. The van der Waals surface area contributed by atoms with Crippen molar-refractivity contribution in [2.24, 2.45) is 0 Å². The molecule has 0 saturated carbocycles. The van der Waals surface area contributed by atoms with Crippen LogP contribution >= 0.6 is 35.5 Å². The van der Waals surface area contributed by atoms with Gasteiger partial charge < -0.3 is 4.90 Å². The van der Waals surface area contributed by atoms with Gasteiger partial charge in [0.2, 0.25) is 0 Å². The van der Waals surface area contributed by atoms with Gasteiger partial charge in [-0.25, -0.2) is 4.37 Å². The Morgan fingerprint density at radius 2 is 1.83 bits per heavy atom. The summed E-state index contributed by atoms with van der Waals surface area (Å²) in [6, 6.07) is 13.0. The van der Waals surface area contributed by atoms with Crippen molar-refractivity contribution in [2.75, 3.05) is 19.0 Å². The van der Waals surface area contributed by atoms with Crippen molar-refractivity contribution >= 4 is 53.3 Å². The van der Waals surface area contributed by atoms with Crippen LogP contribution in [0.2, 0.25) is 0 Å². The maximum absolute atomic E-state index is 4.29. The molecule has 23 heavy (non-hydrogen) atoms. The first kappa shape index (κ1) is 17.9. The van der Waals surface area contributed by atoms with E-state index >= 15 is 0 Å². The summed E-state index contributed by atoms with van der Waals surface area (Å²) in [6.45, 7) is 2.21. The molecule has 0 radical (unpaired) electrons. The molecule has 1 aromatic rings. The Morgan fingerprint density at radius 3 is 2.48 bits per heavy atom. The SMILES string of the molecule is CCc1c(C=Cc2ccc(N(C)C)cc2)cc2ccnsc1-2.I. The first-order chi connectivity index (χ1) is 10.7. The summed E-state index contributed by atoms with van der Waals surface area (Å²) in [5.74, 6) is 0. The van der Waals surface area contributed by atoms with Crippen LogP contribution < -0.4 is 4.90 Å². The van der Waals surface area contributed by atoms with Crippen molar-refractivity contribution < 1.29 is 0 Å². The normalized spacial score (nSPS) is 10.9. The van der Waals surface area contributed by atoms with Crippen molar-refractivity contribution in [1.82, 2.24) is 4.37 Å². The molecule has 0 aromatic heterocycles. The molecule has 0 atom stereocenters. The van der Waals surface area contributed by atoms with E-state index < -0.39 is 0 Å². The summed E-state index contributed by atoms with van der Waals surface area (Å²) in [7, 11) is 4.12. The van der Waals surface area contributed by atoms with Crippen molar-refractivity contribution in [3.05, 3.63) is 59.3 Å². The maximum Gasteiger partial charge on any atom is 0.0572 e. The minimum absolute atomic E-state index is 0. The largest absolute Gasteiger partial charge is 0.378 e. The fourth-order valence-corrected chi connectivity index (χ4v) is 3.47. The zero-order valence-electron chi connectivity index (χ0n) is 13.6. The Kier molecular flexibility index (Phi) is 6.18. The highest BCUT2D eigenvalue weighted by Gasteiger charge is 2.13. The molecule has 1 aliphatic carbocycles. The van der Waals surface area contributed by atoms with Gasteiger partial charge in [0.1, 0.15) is 0 Å². The second-order valence-corrected chi connectivity index (χ2v) is 6.35. The third-order valence-electron chi connectivity index (χ3n) is 3.87. The van der Waals surface area contributed by atoms with E-state index in [1.807, 2.05) is 6.20 Å². The Labute approximate surface area is 159 Å². The number of rotatable bonds is 4. The number of anilines is 1. The van der Waals surface area contributed by atoms with Gasteiger partial charge in [0.25, 0.3) is 0 Å². The molecule has 0 amide bonds. The van der Waals surface area contributed by atoms with Gasteiger partial charge >= 0.3 is 0 Å². The molecule has 2 nitrogen and oxygen atoms in total. The van der Waals surface area contributed by atoms with E-state index in [0.717, 1.165) is 6.42 Å². The van der Waals surface area contributed by atoms with Crippen LogP contribution in [-0.2, 0) is 6.42 Å². The van der Waals surface area contributed by atoms with Crippen LogP contribution in [0.1, 0.15) is 23.6 Å². The number of fused-ring (bicyclic) bond motifs is 1. The van der Waals surface area contributed by atoms with Crippen LogP contribution in [0.25, 0.3) is 22.6 Å². The number of hydrogen-bond donors (Lipinski definition) is 0. The molecule has 0 N–H and O–H groups in total. The first-order valence-electron chi connectivity index (χ1n) is 7.51. The molecule has 0 saturated heterocycles. The van der Waals surface area contributed by atoms with E-state index in [2.05, 4.69) is 78.8 Å². The highest BCUT2D eigenvalue weighted by atomic mass is 127. The first-order valence-corrected chi connectivity index (χ1v) is 8.28. The number of aromatic nitrogens is 1. The van der Waals surface area contributed by atoms with Crippen LogP contribution in [0, 0.1) is 0 Å². The molecule has 0 bridgehead atoms. The third kappa shape index (κ3) is 3.93. The topological polar surface area (TPSA) is 16.1 Å². The van der Waals surface area contributed by atoms with Gasteiger partial charge in [-0.1, -0.05) is 31.2 Å². The van der Waals surface area contributed by atoms with Gasteiger partial charge in [0.15, 0.2) is 0 Å². The standard InChI is InChI=1S/C19H20N2S.HI/c1-4-18-15(13-16-11-12-20-22-19(16)18)8-5-14-6-9-17(10-7-14)21(2)3;/h5-13H,4H2,1-3H3;1H. The van der Waals surface area contributed by atoms with Crippen molar-refractivity contribution in [1.29, 1.82) is 0 Å². The molecule has 2 aliphatic rings. The molecule has 4 heteroatoms. The van der Waals surface area contributed by atoms with Crippen LogP contribution in [0.3, 0.4) is 0 Å². The highest BCUT2D eigenvalue weighted by molar-refractivity contribution is 14.0. The Morgan fingerprint density at radius 1 is 1.09 bits per heavy atom. The van der Waals surface area contributed by atoms with Gasteiger partial charge in [-0.05, 0) is 64.5 Å². The Balaban J connectivity index is 0.00000192. The van der Waals surface area contributed by atoms with Gasteiger partial charge in [0, 0.05) is 26.0 Å². The molecule has 1 aliphatic heterocycles. The third-order valence-corrected chi connectivity index (χ3v) is 4.76. The molecule has 0 spiro atoms. The average molecular weight is 436 g/mol. The monoisotopic (exact) mass is 436 g/mol. The average Bonchev–Trinajstić information content (AvgIpc) is 2.90. The lowest BCUT2D eigenvalue weighted by Crippen LogP contribution is -2.07. The molecule has 3 rings (SSSR count). The van der Waals surface area contributed by atoms with Gasteiger partial charge in [-0.2, -0.15) is 0 Å². The minimum Gasteiger partial charge on any atom is -0.378 e. The summed E-state index contributed by atoms with van der Waals surface area (Å²) in [5.41, 5.74) is 6.44. The van der Waals surface area contributed by atoms with E-state index in [-0.39, 0.29) is 24.0 Å². The van der Waals surface area contributed by atoms with E-state index in [9.17, 15) is 0 Å². The summed E-state index contributed by atoms with van der Waals surface area (Å²) in [5, 5.41) is 0. The van der Waals surface area contributed by atoms with Crippen LogP contribution in [0.15, 0.2) is 42.6 Å². The number of halogens is 1. The zero-order valence-corrected chi connectivity index (χ0v) is 16.8. The van der Waals surface area contributed by atoms with Gasteiger partial charge in [-0.15, -0.1) is 24.0 Å². The van der Waals surface area contributed by atoms with Crippen LogP contribution in [0.4, 0.5) is 5.69 Å². The summed E-state index contributed by atoms with van der Waals surface area (Å²) in [4.78, 5) is 3.42. The van der Waals surface area contributed by atoms with E-state index in [4.69, 9.17) is 0 Å². The molecular weight excluding hydrogens is 415 g/mol. The number of hydrogen-bond acceptors (Lipinski definition) is 3. The summed E-state index contributed by atoms with van der Waals surface area (Å²) < 4.78 is 4.29. The summed E-state index contributed by atoms with van der Waals surface area (Å²) >= 11 is 1.59.